The highest BCUT2D eigenvalue weighted by molar-refractivity contribution is 7.09. The maximum absolute atomic E-state index is 10.9. The van der Waals surface area contributed by atoms with E-state index in [2.05, 4.69) is 23.6 Å². The minimum absolute atomic E-state index is 0.173. The van der Waals surface area contributed by atoms with Gasteiger partial charge in [0.25, 0.3) is 0 Å². The lowest BCUT2D eigenvalue weighted by Gasteiger charge is -1.99. The molecule has 1 heterocycles. The summed E-state index contributed by atoms with van der Waals surface area (Å²) in [6.45, 7) is 4.35. The smallest absolute Gasteiger partial charge is 0.305 e. The molecule has 0 aliphatic carbocycles. The maximum atomic E-state index is 10.9. The third-order valence-corrected chi connectivity index (χ3v) is 2.92. The van der Waals surface area contributed by atoms with Crippen LogP contribution in [0.15, 0.2) is 5.38 Å². The van der Waals surface area contributed by atoms with Crippen LogP contribution in [0.25, 0.3) is 0 Å². The maximum Gasteiger partial charge on any atom is 0.305 e. The number of rotatable bonds is 5. The molecular formula is C11H17NO2S. The lowest BCUT2D eigenvalue weighted by molar-refractivity contribution is -0.140. The van der Waals surface area contributed by atoms with Gasteiger partial charge in [0.05, 0.1) is 24.2 Å². The molecule has 0 spiro atoms. The summed E-state index contributed by atoms with van der Waals surface area (Å²) in [6.07, 6.45) is 2.12. The molecule has 0 amide bonds. The third-order valence-electron chi connectivity index (χ3n) is 2.00. The highest BCUT2D eigenvalue weighted by Crippen LogP contribution is 2.15. The van der Waals surface area contributed by atoms with Crippen molar-refractivity contribution in [2.75, 3.05) is 7.11 Å². The van der Waals surface area contributed by atoms with E-state index >= 15 is 0 Å². The summed E-state index contributed by atoms with van der Waals surface area (Å²) in [6, 6.07) is 0. The Morgan fingerprint density at radius 2 is 2.33 bits per heavy atom. The molecule has 0 radical (unpaired) electrons. The Hall–Kier alpha value is -0.900. The van der Waals surface area contributed by atoms with Crippen LogP contribution in [-0.4, -0.2) is 18.1 Å². The predicted octanol–water partition coefficient (Wildman–Crippen LogP) is 2.45. The Morgan fingerprint density at radius 1 is 1.60 bits per heavy atom. The van der Waals surface area contributed by atoms with Crippen molar-refractivity contribution in [3.63, 3.8) is 0 Å². The zero-order valence-electron chi connectivity index (χ0n) is 9.45. The molecule has 1 rings (SSSR count). The number of nitrogens with zero attached hydrogens (tertiary/aromatic N) is 1. The van der Waals surface area contributed by atoms with Crippen molar-refractivity contribution in [1.29, 1.82) is 0 Å². The number of hydrogen-bond acceptors (Lipinski definition) is 4. The first-order chi connectivity index (χ1) is 7.11. The summed E-state index contributed by atoms with van der Waals surface area (Å²) in [7, 11) is 1.41. The minimum atomic E-state index is -0.173. The van der Waals surface area contributed by atoms with Gasteiger partial charge < -0.3 is 4.74 Å². The molecule has 15 heavy (non-hydrogen) atoms. The zero-order valence-corrected chi connectivity index (χ0v) is 10.3. The molecule has 0 aliphatic heterocycles. The standard InChI is InChI=1S/C11H17NO2S/c1-8(2)6-10-12-9(7-15-10)4-5-11(13)14-3/h7-8H,4-6H2,1-3H3. The molecule has 0 unspecified atom stereocenters. The van der Waals surface area contributed by atoms with E-state index in [1.807, 2.05) is 5.38 Å². The summed E-state index contributed by atoms with van der Waals surface area (Å²) in [4.78, 5) is 15.4. The molecule has 3 nitrogen and oxygen atoms in total. The van der Waals surface area contributed by atoms with E-state index in [0.717, 1.165) is 17.1 Å². The normalized spacial score (nSPS) is 10.7. The van der Waals surface area contributed by atoms with E-state index in [0.29, 0.717) is 18.8 Å². The average Bonchev–Trinajstić information content (AvgIpc) is 2.61. The summed E-state index contributed by atoms with van der Waals surface area (Å²) < 4.78 is 4.58. The summed E-state index contributed by atoms with van der Waals surface area (Å²) in [5, 5.41) is 3.19. The van der Waals surface area contributed by atoms with Crippen LogP contribution in [0.3, 0.4) is 0 Å². The van der Waals surface area contributed by atoms with Gasteiger partial charge in [0.15, 0.2) is 0 Å². The Morgan fingerprint density at radius 3 is 2.93 bits per heavy atom. The largest absolute Gasteiger partial charge is 0.469 e. The second-order valence-electron chi connectivity index (χ2n) is 3.91. The van der Waals surface area contributed by atoms with E-state index in [4.69, 9.17) is 0 Å². The summed E-state index contributed by atoms with van der Waals surface area (Å²) >= 11 is 1.67. The molecule has 1 aromatic heterocycles. The van der Waals surface area contributed by atoms with Crippen molar-refractivity contribution in [2.45, 2.75) is 33.1 Å². The van der Waals surface area contributed by atoms with Crippen molar-refractivity contribution in [3.05, 3.63) is 16.1 Å². The molecule has 1 aromatic rings. The third kappa shape index (κ3) is 4.42. The monoisotopic (exact) mass is 227 g/mol. The minimum Gasteiger partial charge on any atom is -0.469 e. The number of aromatic nitrogens is 1. The number of methoxy groups -OCH3 is 1. The first kappa shape index (κ1) is 12.2. The van der Waals surface area contributed by atoms with Crippen LogP contribution in [0.4, 0.5) is 0 Å². The van der Waals surface area contributed by atoms with Gasteiger partial charge in [0.2, 0.25) is 0 Å². The molecular weight excluding hydrogens is 210 g/mol. The van der Waals surface area contributed by atoms with E-state index in [1.165, 1.54) is 7.11 Å². The van der Waals surface area contributed by atoms with Crippen molar-refractivity contribution >= 4 is 17.3 Å². The topological polar surface area (TPSA) is 39.2 Å². The van der Waals surface area contributed by atoms with Gasteiger partial charge in [0.1, 0.15) is 0 Å². The fourth-order valence-electron chi connectivity index (χ4n) is 1.24. The quantitative estimate of drug-likeness (QED) is 0.725. The number of carbonyl (C=O) groups excluding carboxylic acids is 1. The van der Waals surface area contributed by atoms with Crippen LogP contribution in [0.2, 0.25) is 0 Å². The number of hydrogen-bond donors (Lipinski definition) is 0. The Balaban J connectivity index is 2.42. The van der Waals surface area contributed by atoms with E-state index in [-0.39, 0.29) is 5.97 Å². The van der Waals surface area contributed by atoms with Gasteiger partial charge >= 0.3 is 5.97 Å². The number of esters is 1. The first-order valence-electron chi connectivity index (χ1n) is 5.12. The second kappa shape index (κ2) is 5.85. The molecule has 0 bridgehead atoms. The van der Waals surface area contributed by atoms with Crippen LogP contribution in [0.1, 0.15) is 31.0 Å². The van der Waals surface area contributed by atoms with Gasteiger partial charge in [0, 0.05) is 18.2 Å². The molecule has 0 aliphatic rings. The first-order valence-corrected chi connectivity index (χ1v) is 6.00. The fourth-order valence-corrected chi connectivity index (χ4v) is 2.28. The second-order valence-corrected chi connectivity index (χ2v) is 4.85. The number of thiazole rings is 1. The molecule has 4 heteroatoms. The highest BCUT2D eigenvalue weighted by Gasteiger charge is 2.06. The Bertz CT molecular complexity index is 320. The van der Waals surface area contributed by atoms with Crippen LogP contribution >= 0.6 is 11.3 Å². The Labute approximate surface area is 94.5 Å². The van der Waals surface area contributed by atoms with Crippen molar-refractivity contribution in [3.8, 4) is 0 Å². The van der Waals surface area contributed by atoms with Gasteiger partial charge in [-0.3, -0.25) is 4.79 Å². The Kier molecular flexibility index (Phi) is 4.75. The predicted molar refractivity (Wildman–Crippen MR) is 61.0 cm³/mol. The molecule has 0 fully saturated rings. The summed E-state index contributed by atoms with van der Waals surface area (Å²) in [5.74, 6) is 0.456. The SMILES string of the molecule is COC(=O)CCc1csc(CC(C)C)n1. The van der Waals surface area contributed by atoms with Crippen LogP contribution in [-0.2, 0) is 22.4 Å². The number of ether oxygens (including phenoxy) is 1. The highest BCUT2D eigenvalue weighted by atomic mass is 32.1. The number of carbonyl (C=O) groups is 1. The van der Waals surface area contributed by atoms with E-state index in [9.17, 15) is 4.79 Å². The van der Waals surface area contributed by atoms with Gasteiger partial charge in [-0.2, -0.15) is 0 Å². The molecule has 0 saturated heterocycles. The lowest BCUT2D eigenvalue weighted by atomic mass is 10.1. The van der Waals surface area contributed by atoms with E-state index in [1.54, 1.807) is 11.3 Å². The molecule has 84 valence electrons. The van der Waals surface area contributed by atoms with Gasteiger partial charge in [-0.1, -0.05) is 13.8 Å². The fraction of sp³-hybridized carbons (Fsp3) is 0.636. The van der Waals surface area contributed by atoms with Gasteiger partial charge in [-0.15, -0.1) is 11.3 Å². The van der Waals surface area contributed by atoms with Crippen molar-refractivity contribution < 1.29 is 9.53 Å². The van der Waals surface area contributed by atoms with E-state index < -0.39 is 0 Å². The molecule has 0 saturated carbocycles. The lowest BCUT2D eigenvalue weighted by Crippen LogP contribution is -2.02. The van der Waals surface area contributed by atoms with Crippen molar-refractivity contribution in [2.24, 2.45) is 5.92 Å². The molecule has 0 atom stereocenters. The molecule has 0 N–H and O–H groups in total. The molecule has 0 aromatic carbocycles. The van der Waals surface area contributed by atoms with Crippen molar-refractivity contribution in [1.82, 2.24) is 4.98 Å². The van der Waals surface area contributed by atoms with Crippen LogP contribution in [0.5, 0.6) is 0 Å². The average molecular weight is 227 g/mol. The van der Waals surface area contributed by atoms with Gasteiger partial charge in [-0.25, -0.2) is 4.98 Å². The van der Waals surface area contributed by atoms with Gasteiger partial charge in [-0.05, 0) is 5.92 Å². The van der Waals surface area contributed by atoms with Crippen LogP contribution in [0, 0.1) is 5.92 Å². The number of aryl methyl sites for hydroxylation is 1. The summed E-state index contributed by atoms with van der Waals surface area (Å²) in [5.41, 5.74) is 1.00. The van der Waals surface area contributed by atoms with Crippen LogP contribution < -0.4 is 0 Å². The zero-order chi connectivity index (χ0) is 11.3.